The van der Waals surface area contributed by atoms with Crippen molar-refractivity contribution in [1.82, 2.24) is 9.78 Å². The van der Waals surface area contributed by atoms with Gasteiger partial charge in [0, 0.05) is 17.8 Å². The Hall–Kier alpha value is -1.97. The highest BCUT2D eigenvalue weighted by Crippen LogP contribution is 2.31. The Morgan fingerprint density at radius 1 is 1.35 bits per heavy atom. The second-order valence-corrected chi connectivity index (χ2v) is 4.52. The Labute approximate surface area is 100 Å². The van der Waals surface area contributed by atoms with E-state index in [4.69, 9.17) is 5.73 Å². The van der Waals surface area contributed by atoms with Crippen LogP contribution >= 0.6 is 0 Å². The molecule has 0 amide bonds. The lowest BCUT2D eigenvalue weighted by Crippen LogP contribution is -2.24. The molecule has 2 aromatic rings. The number of aromatic nitrogens is 2. The second-order valence-electron chi connectivity index (χ2n) is 4.52. The van der Waals surface area contributed by atoms with Crippen LogP contribution in [0.1, 0.15) is 23.6 Å². The van der Waals surface area contributed by atoms with Crippen molar-refractivity contribution in [1.29, 1.82) is 0 Å². The van der Waals surface area contributed by atoms with E-state index in [9.17, 15) is 0 Å². The fourth-order valence-corrected chi connectivity index (χ4v) is 2.38. The quantitative estimate of drug-likeness (QED) is 0.735. The minimum atomic E-state index is 0.320. The van der Waals surface area contributed by atoms with Gasteiger partial charge in [0.15, 0.2) is 0 Å². The van der Waals surface area contributed by atoms with Crippen molar-refractivity contribution in [3.05, 3.63) is 41.6 Å². The second kappa shape index (κ2) is 3.80. The molecule has 0 spiro atoms. The van der Waals surface area contributed by atoms with Gasteiger partial charge >= 0.3 is 0 Å². The van der Waals surface area contributed by atoms with E-state index < -0.39 is 0 Å². The predicted molar refractivity (Wildman–Crippen MR) is 69.1 cm³/mol. The maximum Gasteiger partial charge on any atom is 0.127 e. The van der Waals surface area contributed by atoms with Crippen molar-refractivity contribution < 1.29 is 0 Å². The van der Waals surface area contributed by atoms with Gasteiger partial charge in [0.2, 0.25) is 0 Å². The van der Waals surface area contributed by atoms with E-state index >= 15 is 0 Å². The summed E-state index contributed by atoms with van der Waals surface area (Å²) in [7, 11) is 0. The zero-order valence-electron chi connectivity index (χ0n) is 9.85. The van der Waals surface area contributed by atoms with Crippen LogP contribution in [0.3, 0.4) is 0 Å². The number of nitrogens with zero attached hydrogens (tertiary/aromatic N) is 2. The molecule has 0 aliphatic carbocycles. The third kappa shape index (κ3) is 1.65. The Kier molecular flexibility index (Phi) is 2.28. The number of nitrogen functional groups attached to an aromatic ring is 1. The van der Waals surface area contributed by atoms with Gasteiger partial charge in [-0.15, -0.1) is 0 Å². The van der Waals surface area contributed by atoms with Gasteiger partial charge in [-0.2, -0.15) is 5.10 Å². The molecule has 0 bridgehead atoms. The van der Waals surface area contributed by atoms with E-state index in [1.165, 1.54) is 11.1 Å². The van der Waals surface area contributed by atoms with Crippen LogP contribution in [-0.2, 0) is 0 Å². The normalized spacial score (nSPS) is 18.5. The molecule has 0 saturated carbocycles. The molecular weight excluding hydrogens is 212 g/mol. The van der Waals surface area contributed by atoms with Gasteiger partial charge in [0.1, 0.15) is 5.82 Å². The summed E-state index contributed by atoms with van der Waals surface area (Å²) in [6.45, 7) is 3.07. The van der Waals surface area contributed by atoms with Crippen LogP contribution in [0.25, 0.3) is 0 Å². The van der Waals surface area contributed by atoms with Crippen LogP contribution in [0.5, 0.6) is 0 Å². The molecule has 0 radical (unpaired) electrons. The first kappa shape index (κ1) is 10.2. The van der Waals surface area contributed by atoms with Crippen molar-refractivity contribution in [3.63, 3.8) is 0 Å². The van der Waals surface area contributed by atoms with Crippen LogP contribution < -0.4 is 11.1 Å². The minimum absolute atomic E-state index is 0.320. The van der Waals surface area contributed by atoms with Crippen LogP contribution in [0.15, 0.2) is 30.5 Å². The van der Waals surface area contributed by atoms with E-state index in [0.29, 0.717) is 6.04 Å². The Morgan fingerprint density at radius 3 is 2.88 bits per heavy atom. The lowest BCUT2D eigenvalue weighted by molar-refractivity contribution is 0.482. The first-order valence-electron chi connectivity index (χ1n) is 5.89. The Bertz CT molecular complexity index is 527. The molecule has 2 heterocycles. The van der Waals surface area contributed by atoms with Crippen molar-refractivity contribution in [3.8, 4) is 0 Å². The van der Waals surface area contributed by atoms with Gasteiger partial charge in [0.25, 0.3) is 0 Å². The van der Waals surface area contributed by atoms with Crippen molar-refractivity contribution in [2.45, 2.75) is 19.4 Å². The van der Waals surface area contributed by atoms with Crippen LogP contribution in [-0.4, -0.2) is 16.3 Å². The Balaban J connectivity index is 2.02. The minimum Gasteiger partial charge on any atom is -0.399 e. The number of benzene rings is 1. The fourth-order valence-electron chi connectivity index (χ4n) is 2.38. The van der Waals surface area contributed by atoms with Crippen LogP contribution in [0.2, 0.25) is 0 Å². The lowest BCUT2D eigenvalue weighted by Gasteiger charge is -2.26. The van der Waals surface area contributed by atoms with Crippen LogP contribution in [0, 0.1) is 6.92 Å². The standard InChI is InChI=1S/C13H16N4/c1-9-8-16-17-12(6-7-15-13(9)17)10-2-4-11(14)5-3-10/h2-5,8,12,15H,6-7,14H2,1H3. The van der Waals surface area contributed by atoms with Crippen LogP contribution in [0.4, 0.5) is 11.5 Å². The molecule has 1 unspecified atom stereocenters. The van der Waals surface area contributed by atoms with Gasteiger partial charge in [-0.05, 0) is 31.0 Å². The largest absolute Gasteiger partial charge is 0.399 e. The number of anilines is 2. The molecule has 3 rings (SSSR count). The summed E-state index contributed by atoms with van der Waals surface area (Å²) in [4.78, 5) is 0. The molecule has 17 heavy (non-hydrogen) atoms. The lowest BCUT2D eigenvalue weighted by atomic mass is 10.0. The highest BCUT2D eigenvalue weighted by Gasteiger charge is 2.22. The molecule has 88 valence electrons. The van der Waals surface area contributed by atoms with E-state index in [2.05, 4.69) is 34.2 Å². The molecule has 4 nitrogen and oxygen atoms in total. The summed E-state index contributed by atoms with van der Waals surface area (Å²) < 4.78 is 2.07. The highest BCUT2D eigenvalue weighted by atomic mass is 15.4. The molecule has 1 atom stereocenters. The molecule has 0 fully saturated rings. The first-order valence-corrected chi connectivity index (χ1v) is 5.89. The van der Waals surface area contributed by atoms with Crippen molar-refractivity contribution in [2.75, 3.05) is 17.6 Å². The average molecular weight is 228 g/mol. The smallest absolute Gasteiger partial charge is 0.127 e. The molecule has 1 aromatic heterocycles. The van der Waals surface area contributed by atoms with Crippen molar-refractivity contribution in [2.24, 2.45) is 0 Å². The van der Waals surface area contributed by atoms with Gasteiger partial charge in [-0.3, -0.25) is 0 Å². The number of fused-ring (bicyclic) bond motifs is 1. The number of nitrogens with one attached hydrogen (secondary N) is 1. The molecule has 4 heteroatoms. The van der Waals surface area contributed by atoms with Gasteiger partial charge < -0.3 is 11.1 Å². The fraction of sp³-hybridized carbons (Fsp3) is 0.308. The third-order valence-electron chi connectivity index (χ3n) is 3.31. The topological polar surface area (TPSA) is 55.9 Å². The summed E-state index contributed by atoms with van der Waals surface area (Å²) in [5, 5.41) is 7.86. The zero-order valence-corrected chi connectivity index (χ0v) is 9.85. The summed E-state index contributed by atoms with van der Waals surface area (Å²) in [5.41, 5.74) is 8.99. The summed E-state index contributed by atoms with van der Waals surface area (Å²) in [5.74, 6) is 1.14. The molecule has 1 aliphatic heterocycles. The van der Waals surface area contributed by atoms with Gasteiger partial charge in [0.05, 0.1) is 12.2 Å². The molecule has 1 aromatic carbocycles. The van der Waals surface area contributed by atoms with Gasteiger partial charge in [-0.1, -0.05) is 12.1 Å². The number of hydrogen-bond acceptors (Lipinski definition) is 3. The van der Waals surface area contributed by atoms with Crippen molar-refractivity contribution >= 4 is 11.5 Å². The monoisotopic (exact) mass is 228 g/mol. The highest BCUT2D eigenvalue weighted by molar-refractivity contribution is 5.47. The first-order chi connectivity index (χ1) is 8.25. The SMILES string of the molecule is Cc1cnn2c1NCCC2c1ccc(N)cc1. The number of rotatable bonds is 1. The molecule has 3 N–H and O–H groups in total. The summed E-state index contributed by atoms with van der Waals surface area (Å²) in [6.07, 6.45) is 2.97. The van der Waals surface area contributed by atoms with E-state index in [-0.39, 0.29) is 0 Å². The Morgan fingerprint density at radius 2 is 2.12 bits per heavy atom. The molecule has 0 saturated heterocycles. The number of nitrogens with two attached hydrogens (primary N) is 1. The molecular formula is C13H16N4. The maximum absolute atomic E-state index is 5.72. The number of aryl methyl sites for hydroxylation is 1. The zero-order chi connectivity index (χ0) is 11.8. The van der Waals surface area contributed by atoms with E-state index in [0.717, 1.165) is 24.5 Å². The maximum atomic E-state index is 5.72. The average Bonchev–Trinajstić information content (AvgIpc) is 2.73. The summed E-state index contributed by atoms with van der Waals surface area (Å²) >= 11 is 0. The third-order valence-corrected chi connectivity index (χ3v) is 3.31. The molecule has 1 aliphatic rings. The van der Waals surface area contributed by atoms with E-state index in [1.807, 2.05) is 18.3 Å². The van der Waals surface area contributed by atoms with Gasteiger partial charge in [-0.25, -0.2) is 4.68 Å². The summed E-state index contributed by atoms with van der Waals surface area (Å²) in [6, 6.07) is 8.40. The number of hydrogen-bond donors (Lipinski definition) is 2. The predicted octanol–water partition coefficient (Wildman–Crippen LogP) is 2.18. The van der Waals surface area contributed by atoms with E-state index in [1.54, 1.807) is 0 Å².